The highest BCUT2D eigenvalue weighted by molar-refractivity contribution is 5.94. The van der Waals surface area contributed by atoms with Gasteiger partial charge in [-0.1, -0.05) is 0 Å². The zero-order valence-corrected chi connectivity index (χ0v) is 9.82. The van der Waals surface area contributed by atoms with Crippen molar-refractivity contribution in [3.8, 4) is 0 Å². The van der Waals surface area contributed by atoms with Crippen molar-refractivity contribution in [2.75, 3.05) is 25.1 Å². The minimum Gasteiger partial charge on any atom is -0.462 e. The van der Waals surface area contributed by atoms with Crippen LogP contribution in [0.2, 0.25) is 0 Å². The Morgan fingerprint density at radius 3 is 2.94 bits per heavy atom. The Morgan fingerprint density at radius 1 is 1.61 bits per heavy atom. The van der Waals surface area contributed by atoms with Crippen LogP contribution in [0.4, 0.5) is 14.6 Å². The lowest BCUT2D eigenvalue weighted by Crippen LogP contribution is -2.31. The summed E-state index contributed by atoms with van der Waals surface area (Å²) in [5.41, 5.74) is 0.0769. The molecule has 5 nitrogen and oxygen atoms in total. The summed E-state index contributed by atoms with van der Waals surface area (Å²) in [6, 6.07) is 2.92. The number of pyridine rings is 1. The molecule has 0 radical (unpaired) electrons. The molecule has 1 aromatic heterocycles. The summed E-state index contributed by atoms with van der Waals surface area (Å²) in [6.45, 7) is -0.268. The minimum absolute atomic E-state index is 0.00377. The molecule has 0 saturated heterocycles. The second-order valence-corrected chi connectivity index (χ2v) is 3.49. The predicted octanol–water partition coefficient (Wildman–Crippen LogP) is 1.30. The number of aromatic nitrogens is 1. The number of nitrogens with one attached hydrogen (secondary N) is 1. The number of carbonyl (C=O) groups is 1. The van der Waals surface area contributed by atoms with Gasteiger partial charge < -0.3 is 15.2 Å². The molecule has 0 aromatic carbocycles. The van der Waals surface area contributed by atoms with E-state index in [9.17, 15) is 13.6 Å². The van der Waals surface area contributed by atoms with Crippen LogP contribution in [0.5, 0.6) is 0 Å². The molecule has 1 heterocycles. The fraction of sp³-hybridized carbons (Fsp3) is 0.455. The number of rotatable bonds is 6. The van der Waals surface area contributed by atoms with Crippen molar-refractivity contribution in [3.05, 3.63) is 23.9 Å². The van der Waals surface area contributed by atoms with Crippen molar-refractivity contribution in [3.63, 3.8) is 0 Å². The topological polar surface area (TPSA) is 71.5 Å². The average Bonchev–Trinajstić information content (AvgIpc) is 2.37. The first-order valence-electron chi connectivity index (χ1n) is 5.35. The number of nitrogens with zero attached hydrogens (tertiary/aromatic N) is 1. The molecule has 1 aromatic rings. The van der Waals surface area contributed by atoms with Crippen LogP contribution < -0.4 is 5.32 Å². The Kier molecular flexibility index (Phi) is 4.96. The second kappa shape index (κ2) is 6.25. The lowest BCUT2D eigenvalue weighted by atomic mass is 10.2. The smallest absolute Gasteiger partial charge is 0.341 e. The van der Waals surface area contributed by atoms with Gasteiger partial charge in [-0.15, -0.1) is 0 Å². The molecule has 0 spiro atoms. The number of anilines is 1. The number of aliphatic hydroxyl groups is 1. The number of halogens is 2. The Hall–Kier alpha value is -1.76. The summed E-state index contributed by atoms with van der Waals surface area (Å²) >= 11 is 0. The number of alkyl halides is 2. The van der Waals surface area contributed by atoms with Crippen LogP contribution in [0, 0.1) is 0 Å². The first-order valence-corrected chi connectivity index (χ1v) is 5.35. The molecule has 0 bridgehead atoms. The maximum absolute atomic E-state index is 12.9. The number of esters is 1. The molecule has 0 fully saturated rings. The molecule has 0 unspecified atom stereocenters. The zero-order valence-electron chi connectivity index (χ0n) is 9.82. The standard InChI is InChI=1S/C11H14F2N2O3/c1-2-18-10(17)8-4-3-5-14-9(8)15-6-11(12,13)7-16/h3-5,16H,2,6-7H2,1H3,(H,14,15). The van der Waals surface area contributed by atoms with Gasteiger partial charge in [0.2, 0.25) is 0 Å². The van der Waals surface area contributed by atoms with Gasteiger partial charge in [-0.3, -0.25) is 0 Å². The van der Waals surface area contributed by atoms with E-state index in [-0.39, 0.29) is 18.0 Å². The highest BCUT2D eigenvalue weighted by atomic mass is 19.3. The van der Waals surface area contributed by atoms with Crippen LogP contribution in [-0.4, -0.2) is 41.7 Å². The van der Waals surface area contributed by atoms with Gasteiger partial charge in [-0.25, -0.2) is 18.6 Å². The fourth-order valence-electron chi connectivity index (χ4n) is 1.19. The summed E-state index contributed by atoms with van der Waals surface area (Å²) in [7, 11) is 0. The fourth-order valence-corrected chi connectivity index (χ4v) is 1.19. The van der Waals surface area contributed by atoms with E-state index in [4.69, 9.17) is 9.84 Å². The van der Waals surface area contributed by atoms with E-state index in [0.29, 0.717) is 0 Å². The SMILES string of the molecule is CCOC(=O)c1cccnc1NCC(F)(F)CO. The molecule has 0 saturated carbocycles. The molecule has 0 aliphatic carbocycles. The minimum atomic E-state index is -3.27. The maximum atomic E-state index is 12.9. The third-order valence-corrected chi connectivity index (χ3v) is 2.05. The van der Waals surface area contributed by atoms with Crippen LogP contribution in [0.25, 0.3) is 0 Å². The highest BCUT2D eigenvalue weighted by Gasteiger charge is 2.28. The van der Waals surface area contributed by atoms with Gasteiger partial charge in [0.15, 0.2) is 0 Å². The third kappa shape index (κ3) is 3.92. The molecule has 7 heteroatoms. The molecule has 2 N–H and O–H groups in total. The van der Waals surface area contributed by atoms with Crippen molar-refractivity contribution >= 4 is 11.8 Å². The van der Waals surface area contributed by atoms with Crippen molar-refractivity contribution in [2.24, 2.45) is 0 Å². The van der Waals surface area contributed by atoms with E-state index in [1.807, 2.05) is 0 Å². The molecule has 0 atom stereocenters. The van der Waals surface area contributed by atoms with Gasteiger partial charge in [0, 0.05) is 6.20 Å². The lowest BCUT2D eigenvalue weighted by Gasteiger charge is -2.15. The van der Waals surface area contributed by atoms with Crippen molar-refractivity contribution in [1.29, 1.82) is 0 Å². The quantitative estimate of drug-likeness (QED) is 0.754. The number of hydrogen-bond donors (Lipinski definition) is 2. The highest BCUT2D eigenvalue weighted by Crippen LogP contribution is 2.17. The first kappa shape index (κ1) is 14.3. The summed E-state index contributed by atoms with van der Waals surface area (Å²) in [5.74, 6) is -3.91. The Balaban J connectivity index is 2.79. The van der Waals surface area contributed by atoms with Gasteiger partial charge in [0.25, 0.3) is 5.92 Å². The summed E-state index contributed by atoms with van der Waals surface area (Å²) < 4.78 is 30.5. The van der Waals surface area contributed by atoms with Crippen molar-refractivity contribution < 1.29 is 23.4 Å². The third-order valence-electron chi connectivity index (χ3n) is 2.05. The van der Waals surface area contributed by atoms with E-state index in [2.05, 4.69) is 10.3 Å². The van der Waals surface area contributed by atoms with Crippen LogP contribution in [-0.2, 0) is 4.74 Å². The van der Waals surface area contributed by atoms with Gasteiger partial charge in [0.1, 0.15) is 18.0 Å². The van der Waals surface area contributed by atoms with Gasteiger partial charge in [-0.2, -0.15) is 0 Å². The monoisotopic (exact) mass is 260 g/mol. The van der Waals surface area contributed by atoms with E-state index < -0.39 is 25.0 Å². The van der Waals surface area contributed by atoms with E-state index in [0.717, 1.165) is 0 Å². The molecule has 1 rings (SSSR count). The molecule has 0 aliphatic rings. The first-order chi connectivity index (χ1) is 8.50. The Morgan fingerprint density at radius 2 is 2.33 bits per heavy atom. The van der Waals surface area contributed by atoms with Crippen LogP contribution in [0.3, 0.4) is 0 Å². The molecule has 0 amide bonds. The van der Waals surface area contributed by atoms with E-state index >= 15 is 0 Å². The van der Waals surface area contributed by atoms with Gasteiger partial charge >= 0.3 is 5.97 Å². The van der Waals surface area contributed by atoms with Crippen molar-refractivity contribution in [1.82, 2.24) is 4.98 Å². The number of ether oxygens (including phenoxy) is 1. The molecular formula is C11H14F2N2O3. The van der Waals surface area contributed by atoms with Crippen LogP contribution >= 0.6 is 0 Å². The summed E-state index contributed by atoms with van der Waals surface area (Å²) in [4.78, 5) is 15.3. The van der Waals surface area contributed by atoms with E-state index in [1.54, 1.807) is 6.92 Å². The van der Waals surface area contributed by atoms with Crippen molar-refractivity contribution in [2.45, 2.75) is 12.8 Å². The van der Waals surface area contributed by atoms with Gasteiger partial charge in [0.05, 0.1) is 13.2 Å². The molecule has 100 valence electrons. The van der Waals surface area contributed by atoms with Crippen LogP contribution in [0.15, 0.2) is 18.3 Å². The normalized spacial score (nSPS) is 11.1. The molecule has 18 heavy (non-hydrogen) atoms. The van der Waals surface area contributed by atoms with Gasteiger partial charge in [-0.05, 0) is 19.1 Å². The van der Waals surface area contributed by atoms with E-state index in [1.165, 1.54) is 18.3 Å². The zero-order chi connectivity index (χ0) is 13.6. The predicted molar refractivity (Wildman–Crippen MR) is 60.7 cm³/mol. The number of aliphatic hydroxyl groups excluding tert-OH is 1. The lowest BCUT2D eigenvalue weighted by molar-refractivity contribution is -0.0373. The Labute approximate surface area is 103 Å². The second-order valence-electron chi connectivity index (χ2n) is 3.49. The molecule has 0 aliphatic heterocycles. The number of hydrogen-bond acceptors (Lipinski definition) is 5. The largest absolute Gasteiger partial charge is 0.462 e. The summed E-state index contributed by atoms with van der Waals surface area (Å²) in [6.07, 6.45) is 1.36. The number of carbonyl (C=O) groups excluding carboxylic acids is 1. The average molecular weight is 260 g/mol. The maximum Gasteiger partial charge on any atom is 0.341 e. The summed E-state index contributed by atoms with van der Waals surface area (Å²) in [5, 5.41) is 10.8. The molecular weight excluding hydrogens is 246 g/mol. The Bertz CT molecular complexity index is 413. The van der Waals surface area contributed by atoms with Crippen LogP contribution in [0.1, 0.15) is 17.3 Å².